The first-order valence-corrected chi connectivity index (χ1v) is 10.2. The van der Waals surface area contributed by atoms with Crippen molar-refractivity contribution in [3.63, 3.8) is 0 Å². The fourth-order valence-corrected chi connectivity index (χ4v) is 3.55. The van der Waals surface area contributed by atoms with Crippen LogP contribution in [-0.4, -0.2) is 25.3 Å². The zero-order chi connectivity index (χ0) is 21.8. The minimum absolute atomic E-state index is 0.295. The van der Waals surface area contributed by atoms with Crippen LogP contribution in [0, 0.1) is 0 Å². The average molecular weight is 437 g/mol. The highest BCUT2D eigenvalue weighted by Gasteiger charge is 2.17. The number of nitrogens with one attached hydrogen (secondary N) is 2. The molecule has 4 rings (SSSR count). The highest BCUT2D eigenvalue weighted by atomic mass is 35.5. The topological polar surface area (TPSA) is 97.1 Å². The molecule has 0 unspecified atom stereocenters. The molecule has 0 aliphatic carbocycles. The molecule has 0 fully saturated rings. The third kappa shape index (κ3) is 4.44. The number of imidazole rings is 1. The normalized spacial score (nSPS) is 11.4. The van der Waals surface area contributed by atoms with Crippen LogP contribution in [0.1, 0.15) is 17.5 Å². The lowest BCUT2D eigenvalue weighted by atomic mass is 10.1. The van der Waals surface area contributed by atoms with E-state index in [1.54, 1.807) is 23.9 Å². The quantitative estimate of drug-likeness (QED) is 0.343. The van der Waals surface area contributed by atoms with Gasteiger partial charge in [0.1, 0.15) is 0 Å². The van der Waals surface area contributed by atoms with Crippen LogP contribution in [0.15, 0.2) is 69.3 Å². The second kappa shape index (κ2) is 9.01. The van der Waals surface area contributed by atoms with E-state index in [4.69, 9.17) is 11.6 Å². The van der Waals surface area contributed by atoms with E-state index in [1.165, 1.54) is 10.1 Å². The Kier molecular flexibility index (Phi) is 5.99. The van der Waals surface area contributed by atoms with E-state index in [-0.39, 0.29) is 0 Å². The van der Waals surface area contributed by atoms with Gasteiger partial charge in [-0.15, -0.1) is 0 Å². The maximum atomic E-state index is 12.5. The van der Waals surface area contributed by atoms with Crippen molar-refractivity contribution >= 4 is 34.9 Å². The van der Waals surface area contributed by atoms with E-state index in [1.807, 2.05) is 36.4 Å². The zero-order valence-electron chi connectivity index (χ0n) is 16.9. The number of aryl methyl sites for hydroxylation is 3. The summed E-state index contributed by atoms with van der Waals surface area (Å²) in [5, 5.41) is 4.81. The predicted molar refractivity (Wildman–Crippen MR) is 123 cm³/mol. The molecule has 0 atom stereocenters. The first-order chi connectivity index (χ1) is 15.0. The van der Waals surface area contributed by atoms with Crippen molar-refractivity contribution in [2.75, 3.05) is 5.43 Å². The Morgan fingerprint density at radius 1 is 1.13 bits per heavy atom. The van der Waals surface area contributed by atoms with Crippen LogP contribution in [0.25, 0.3) is 11.2 Å². The first-order valence-electron chi connectivity index (χ1n) is 9.81. The van der Waals surface area contributed by atoms with Crippen molar-refractivity contribution in [1.29, 1.82) is 0 Å². The van der Waals surface area contributed by atoms with Gasteiger partial charge in [-0.05, 0) is 24.5 Å². The molecule has 0 bridgehead atoms. The Balaban J connectivity index is 1.66. The molecule has 2 heterocycles. The molecule has 0 saturated carbocycles. The van der Waals surface area contributed by atoms with Gasteiger partial charge in [0.25, 0.3) is 5.56 Å². The lowest BCUT2D eigenvalue weighted by Gasteiger charge is -2.08. The van der Waals surface area contributed by atoms with E-state index in [9.17, 15) is 9.59 Å². The van der Waals surface area contributed by atoms with Crippen LogP contribution in [0.4, 0.5) is 5.95 Å². The molecule has 0 saturated heterocycles. The number of nitrogens with zero attached hydrogens (tertiary/aromatic N) is 4. The van der Waals surface area contributed by atoms with Crippen LogP contribution in [0.5, 0.6) is 0 Å². The van der Waals surface area contributed by atoms with E-state index >= 15 is 0 Å². The van der Waals surface area contributed by atoms with Crippen LogP contribution in [-0.2, 0) is 20.0 Å². The molecule has 0 radical (unpaired) electrons. The summed E-state index contributed by atoms with van der Waals surface area (Å²) in [6, 6.07) is 17.4. The minimum atomic E-state index is -0.516. The lowest BCUT2D eigenvalue weighted by molar-refractivity contribution is 0.659. The Morgan fingerprint density at radius 2 is 1.87 bits per heavy atom. The summed E-state index contributed by atoms with van der Waals surface area (Å²) in [6.07, 6.45) is 3.20. The summed E-state index contributed by atoms with van der Waals surface area (Å²) in [5.41, 5.74) is 4.47. The van der Waals surface area contributed by atoms with Crippen LogP contribution in [0.3, 0.4) is 0 Å². The van der Waals surface area contributed by atoms with Gasteiger partial charge in [-0.3, -0.25) is 14.3 Å². The first kappa shape index (κ1) is 20.6. The highest BCUT2D eigenvalue weighted by Crippen LogP contribution is 2.17. The number of hydrazone groups is 1. The summed E-state index contributed by atoms with van der Waals surface area (Å²) >= 11 is 6.16. The smallest absolute Gasteiger partial charge is 0.303 e. The summed E-state index contributed by atoms with van der Waals surface area (Å²) in [6.45, 7) is 0.524. The Morgan fingerprint density at radius 3 is 2.65 bits per heavy atom. The second-order valence-corrected chi connectivity index (χ2v) is 7.47. The van der Waals surface area contributed by atoms with Crippen LogP contribution >= 0.6 is 11.6 Å². The lowest BCUT2D eigenvalue weighted by Crippen LogP contribution is -2.29. The van der Waals surface area contributed by atoms with Gasteiger partial charge in [-0.2, -0.15) is 10.1 Å². The number of hydrogen-bond acceptors (Lipinski definition) is 5. The van der Waals surface area contributed by atoms with Crippen molar-refractivity contribution in [3.05, 3.63) is 91.6 Å². The standard InChI is InChI=1S/C22H21ClN6O2/c1-28-19-18(20(30)26-22(28)31)29(13-7-10-15-8-3-2-4-9-15)21(25-19)27-24-14-16-11-5-6-12-17(16)23/h2-6,8-9,11-12,14H,7,10,13H2,1H3,(H,25,27)(H,26,30,31)/b24-14+. The summed E-state index contributed by atoms with van der Waals surface area (Å²) in [7, 11) is 1.57. The van der Waals surface area contributed by atoms with Gasteiger partial charge < -0.3 is 4.57 Å². The molecule has 0 amide bonds. The van der Waals surface area contributed by atoms with Gasteiger partial charge in [0.2, 0.25) is 5.95 Å². The maximum absolute atomic E-state index is 12.5. The summed E-state index contributed by atoms with van der Waals surface area (Å²) in [5.74, 6) is 0.373. The number of rotatable bonds is 7. The summed E-state index contributed by atoms with van der Waals surface area (Å²) < 4.78 is 3.06. The van der Waals surface area contributed by atoms with Gasteiger partial charge in [-0.1, -0.05) is 60.1 Å². The fourth-order valence-electron chi connectivity index (χ4n) is 3.36. The molecular formula is C22H21ClN6O2. The number of hydrogen-bond donors (Lipinski definition) is 2. The SMILES string of the molecule is Cn1c(=O)[nH]c(=O)c2c1nc(N/N=C/c1ccccc1Cl)n2CCCc1ccccc1. The summed E-state index contributed by atoms with van der Waals surface area (Å²) in [4.78, 5) is 31.4. The van der Waals surface area contributed by atoms with Gasteiger partial charge in [0.05, 0.1) is 6.21 Å². The van der Waals surface area contributed by atoms with Gasteiger partial charge in [0.15, 0.2) is 11.2 Å². The van der Waals surface area contributed by atoms with E-state index in [0.717, 1.165) is 18.4 Å². The van der Waals surface area contributed by atoms with Crippen LogP contribution < -0.4 is 16.7 Å². The largest absolute Gasteiger partial charge is 0.329 e. The van der Waals surface area contributed by atoms with Crippen molar-refractivity contribution in [3.8, 4) is 0 Å². The van der Waals surface area contributed by atoms with Crippen molar-refractivity contribution in [2.24, 2.45) is 12.1 Å². The molecule has 0 aliphatic rings. The number of anilines is 1. The highest BCUT2D eigenvalue weighted by molar-refractivity contribution is 6.33. The molecule has 0 aliphatic heterocycles. The van der Waals surface area contributed by atoms with E-state index in [0.29, 0.717) is 28.7 Å². The molecule has 158 valence electrons. The number of aromatic amines is 1. The fraction of sp³-hybridized carbons (Fsp3) is 0.182. The number of halogens is 1. The van der Waals surface area contributed by atoms with Crippen molar-refractivity contribution < 1.29 is 0 Å². The number of benzene rings is 2. The molecule has 4 aromatic rings. The Labute approximate surface area is 182 Å². The number of H-pyrrole nitrogens is 1. The molecular weight excluding hydrogens is 416 g/mol. The molecule has 0 spiro atoms. The minimum Gasteiger partial charge on any atom is -0.303 e. The van der Waals surface area contributed by atoms with Crippen LogP contribution in [0.2, 0.25) is 5.02 Å². The maximum Gasteiger partial charge on any atom is 0.329 e. The Bertz CT molecular complexity index is 1350. The molecule has 2 aromatic heterocycles. The molecule has 2 N–H and O–H groups in total. The van der Waals surface area contributed by atoms with Crippen molar-refractivity contribution in [2.45, 2.75) is 19.4 Å². The molecule has 8 nitrogen and oxygen atoms in total. The average Bonchev–Trinajstić information content (AvgIpc) is 3.13. The molecule has 9 heteroatoms. The monoisotopic (exact) mass is 436 g/mol. The molecule has 2 aromatic carbocycles. The zero-order valence-corrected chi connectivity index (χ0v) is 17.6. The Hall–Kier alpha value is -3.65. The number of aromatic nitrogens is 4. The third-order valence-electron chi connectivity index (χ3n) is 4.97. The predicted octanol–water partition coefficient (Wildman–Crippen LogP) is 3.16. The van der Waals surface area contributed by atoms with Crippen molar-refractivity contribution in [1.82, 2.24) is 19.1 Å². The van der Waals surface area contributed by atoms with Gasteiger partial charge in [0, 0.05) is 24.2 Å². The van der Waals surface area contributed by atoms with E-state index in [2.05, 4.69) is 32.6 Å². The molecule has 31 heavy (non-hydrogen) atoms. The third-order valence-corrected chi connectivity index (χ3v) is 5.31. The van der Waals surface area contributed by atoms with Gasteiger partial charge in [-0.25, -0.2) is 10.2 Å². The van der Waals surface area contributed by atoms with E-state index < -0.39 is 11.2 Å². The van der Waals surface area contributed by atoms with Gasteiger partial charge >= 0.3 is 5.69 Å². The number of fused-ring (bicyclic) bond motifs is 1. The second-order valence-electron chi connectivity index (χ2n) is 7.06.